The summed E-state index contributed by atoms with van der Waals surface area (Å²) in [4.78, 5) is 19.0. The van der Waals surface area contributed by atoms with Gasteiger partial charge in [0.2, 0.25) is 0 Å². The number of amides is 1. The van der Waals surface area contributed by atoms with Crippen LogP contribution in [-0.2, 0) is 11.3 Å². The average molecular weight is 473 g/mol. The number of carbonyl (C=O) groups is 1. The van der Waals surface area contributed by atoms with E-state index in [2.05, 4.69) is 51.1 Å². The van der Waals surface area contributed by atoms with Crippen LogP contribution in [0.4, 0.5) is 4.79 Å². The highest BCUT2D eigenvalue weighted by molar-refractivity contribution is 9.10. The van der Waals surface area contributed by atoms with Gasteiger partial charge in [0.15, 0.2) is 5.65 Å². The first kappa shape index (κ1) is 22.3. The molecule has 1 amide bonds. The number of rotatable bonds is 3. The Balaban J connectivity index is 1.93. The van der Waals surface area contributed by atoms with Gasteiger partial charge in [-0.15, -0.1) is 0 Å². The van der Waals surface area contributed by atoms with E-state index in [-0.39, 0.29) is 11.6 Å². The Bertz CT molecular complexity index is 1080. The van der Waals surface area contributed by atoms with Gasteiger partial charge in [-0.05, 0) is 87.7 Å². The second-order valence-electron chi connectivity index (χ2n) is 9.45. The van der Waals surface area contributed by atoms with Crippen molar-refractivity contribution < 1.29 is 9.53 Å². The molecule has 0 aliphatic carbocycles. The van der Waals surface area contributed by atoms with E-state index in [0.717, 1.165) is 32.6 Å². The van der Waals surface area contributed by atoms with Crippen LogP contribution in [0.15, 0.2) is 41.1 Å². The molecule has 0 aliphatic heterocycles. The van der Waals surface area contributed by atoms with Crippen molar-refractivity contribution in [3.63, 3.8) is 0 Å². The molecular formula is C23H29BrN4O2. The van der Waals surface area contributed by atoms with Crippen molar-refractivity contribution in [1.82, 2.24) is 19.5 Å². The molecule has 2 aromatic heterocycles. The molecule has 0 unspecified atom stereocenters. The SMILES string of the molecule is Cc1cc(-c2ccnc3cc(Br)nn23)ccc1CN(C(=O)OC(C)(C)C)C(C)(C)C. The Morgan fingerprint density at radius 1 is 1.13 bits per heavy atom. The molecule has 0 bridgehead atoms. The van der Waals surface area contributed by atoms with Crippen LogP contribution in [0.1, 0.15) is 52.7 Å². The lowest BCUT2D eigenvalue weighted by Crippen LogP contribution is -2.47. The molecule has 0 fully saturated rings. The van der Waals surface area contributed by atoms with Gasteiger partial charge < -0.3 is 4.74 Å². The van der Waals surface area contributed by atoms with Crippen LogP contribution >= 0.6 is 15.9 Å². The number of ether oxygens (including phenoxy) is 1. The molecule has 160 valence electrons. The quantitative estimate of drug-likeness (QED) is 0.468. The number of benzene rings is 1. The molecule has 0 atom stereocenters. The standard InChI is InChI=1S/C23H29BrN4O2/c1-15-12-16(18-10-11-25-20-13-19(24)26-28(18)20)8-9-17(15)14-27(22(2,3)4)21(29)30-23(5,6)7/h8-13H,14H2,1-7H3. The van der Waals surface area contributed by atoms with E-state index in [1.807, 2.05) is 58.2 Å². The molecule has 3 aromatic rings. The number of halogens is 1. The third-order valence-electron chi connectivity index (χ3n) is 4.72. The molecule has 0 saturated carbocycles. The first-order chi connectivity index (χ1) is 13.8. The van der Waals surface area contributed by atoms with Gasteiger partial charge in [-0.3, -0.25) is 4.90 Å². The average Bonchev–Trinajstić information content (AvgIpc) is 2.98. The highest BCUT2D eigenvalue weighted by Gasteiger charge is 2.31. The molecule has 0 aliphatic rings. The molecule has 0 saturated heterocycles. The summed E-state index contributed by atoms with van der Waals surface area (Å²) in [7, 11) is 0. The Hall–Kier alpha value is -2.41. The second-order valence-corrected chi connectivity index (χ2v) is 10.3. The van der Waals surface area contributed by atoms with Gasteiger partial charge in [-0.25, -0.2) is 14.3 Å². The van der Waals surface area contributed by atoms with Gasteiger partial charge in [-0.1, -0.05) is 12.1 Å². The molecular weight excluding hydrogens is 444 g/mol. The summed E-state index contributed by atoms with van der Waals surface area (Å²) in [5, 5.41) is 4.48. The zero-order chi connectivity index (χ0) is 22.3. The fraction of sp³-hybridized carbons (Fsp3) is 0.435. The van der Waals surface area contributed by atoms with Crippen LogP contribution in [0.25, 0.3) is 16.9 Å². The molecule has 0 radical (unpaired) electrons. The third-order valence-corrected chi connectivity index (χ3v) is 5.11. The van der Waals surface area contributed by atoms with Gasteiger partial charge in [0.05, 0.1) is 5.69 Å². The van der Waals surface area contributed by atoms with Gasteiger partial charge in [0.1, 0.15) is 10.2 Å². The van der Waals surface area contributed by atoms with E-state index in [9.17, 15) is 4.79 Å². The number of carbonyl (C=O) groups excluding carboxylic acids is 1. The molecule has 6 nitrogen and oxygen atoms in total. The molecule has 0 spiro atoms. The maximum absolute atomic E-state index is 12.8. The van der Waals surface area contributed by atoms with E-state index in [1.54, 1.807) is 11.1 Å². The minimum atomic E-state index is -0.537. The maximum Gasteiger partial charge on any atom is 0.411 e. The van der Waals surface area contributed by atoms with Crippen LogP contribution in [0, 0.1) is 6.92 Å². The molecule has 2 heterocycles. The van der Waals surface area contributed by atoms with Crippen LogP contribution in [0.3, 0.4) is 0 Å². The number of nitrogens with zero attached hydrogens (tertiary/aromatic N) is 4. The van der Waals surface area contributed by atoms with E-state index < -0.39 is 5.60 Å². The van der Waals surface area contributed by atoms with Crippen molar-refractivity contribution in [2.45, 2.75) is 66.2 Å². The van der Waals surface area contributed by atoms with Crippen LogP contribution < -0.4 is 0 Å². The van der Waals surface area contributed by atoms with Crippen molar-refractivity contribution in [3.8, 4) is 11.3 Å². The van der Waals surface area contributed by atoms with Gasteiger partial charge in [0.25, 0.3) is 0 Å². The first-order valence-corrected chi connectivity index (χ1v) is 10.8. The normalized spacial score (nSPS) is 12.3. The van der Waals surface area contributed by atoms with E-state index in [1.165, 1.54) is 0 Å². The Labute approximate surface area is 186 Å². The predicted octanol–water partition coefficient (Wildman–Crippen LogP) is 6.00. The fourth-order valence-corrected chi connectivity index (χ4v) is 3.54. The van der Waals surface area contributed by atoms with Crippen LogP contribution in [0.2, 0.25) is 0 Å². The summed E-state index contributed by atoms with van der Waals surface area (Å²) in [5.74, 6) is 0. The Morgan fingerprint density at radius 2 is 1.83 bits per heavy atom. The molecule has 3 rings (SSSR count). The molecule has 7 heteroatoms. The lowest BCUT2D eigenvalue weighted by molar-refractivity contribution is 0.00368. The molecule has 0 N–H and O–H groups in total. The Kier molecular flexibility index (Phi) is 5.96. The molecule has 30 heavy (non-hydrogen) atoms. The Morgan fingerprint density at radius 3 is 2.43 bits per heavy atom. The maximum atomic E-state index is 12.8. The summed E-state index contributed by atoms with van der Waals surface area (Å²) in [5.41, 5.74) is 4.05. The van der Waals surface area contributed by atoms with Crippen LogP contribution in [-0.4, -0.2) is 36.7 Å². The summed E-state index contributed by atoms with van der Waals surface area (Å²) < 4.78 is 8.21. The van der Waals surface area contributed by atoms with Crippen molar-refractivity contribution in [3.05, 3.63) is 52.3 Å². The topological polar surface area (TPSA) is 59.7 Å². The summed E-state index contributed by atoms with van der Waals surface area (Å²) in [6, 6.07) is 10.1. The number of aryl methyl sites for hydroxylation is 1. The van der Waals surface area contributed by atoms with E-state index >= 15 is 0 Å². The summed E-state index contributed by atoms with van der Waals surface area (Å²) >= 11 is 3.42. The van der Waals surface area contributed by atoms with Gasteiger partial charge in [-0.2, -0.15) is 5.10 Å². The van der Waals surface area contributed by atoms with Crippen molar-refractivity contribution in [1.29, 1.82) is 0 Å². The smallest absolute Gasteiger partial charge is 0.411 e. The second kappa shape index (κ2) is 8.02. The largest absolute Gasteiger partial charge is 0.444 e. The van der Waals surface area contributed by atoms with Gasteiger partial charge >= 0.3 is 6.09 Å². The number of hydrogen-bond acceptors (Lipinski definition) is 4. The highest BCUT2D eigenvalue weighted by Crippen LogP contribution is 2.27. The zero-order valence-corrected chi connectivity index (χ0v) is 20.2. The minimum Gasteiger partial charge on any atom is -0.444 e. The number of aromatic nitrogens is 3. The van der Waals surface area contributed by atoms with Crippen LogP contribution in [0.5, 0.6) is 0 Å². The fourth-order valence-electron chi connectivity index (χ4n) is 3.18. The summed E-state index contributed by atoms with van der Waals surface area (Å²) in [6.07, 6.45) is 1.47. The summed E-state index contributed by atoms with van der Waals surface area (Å²) in [6.45, 7) is 14.2. The lowest BCUT2D eigenvalue weighted by atomic mass is 10.00. The van der Waals surface area contributed by atoms with Crippen molar-refractivity contribution >= 4 is 27.7 Å². The van der Waals surface area contributed by atoms with E-state index in [4.69, 9.17) is 4.74 Å². The first-order valence-electron chi connectivity index (χ1n) is 9.96. The zero-order valence-electron chi connectivity index (χ0n) is 18.7. The van der Waals surface area contributed by atoms with Crippen molar-refractivity contribution in [2.24, 2.45) is 0 Å². The number of hydrogen-bond donors (Lipinski definition) is 0. The molecule has 1 aromatic carbocycles. The van der Waals surface area contributed by atoms with E-state index in [0.29, 0.717) is 6.54 Å². The van der Waals surface area contributed by atoms with Gasteiger partial charge in [0, 0.05) is 29.9 Å². The number of fused-ring (bicyclic) bond motifs is 1. The third kappa shape index (κ3) is 5.01. The van der Waals surface area contributed by atoms with Crippen molar-refractivity contribution in [2.75, 3.05) is 0 Å². The highest BCUT2D eigenvalue weighted by atomic mass is 79.9. The predicted molar refractivity (Wildman–Crippen MR) is 122 cm³/mol. The monoisotopic (exact) mass is 472 g/mol. The minimum absolute atomic E-state index is 0.310. The lowest BCUT2D eigenvalue weighted by Gasteiger charge is -2.37.